The summed E-state index contributed by atoms with van der Waals surface area (Å²) in [4.78, 5) is 17.8. The molecule has 6 nitrogen and oxygen atoms in total. The topological polar surface area (TPSA) is 82.7 Å². The largest absolute Gasteiger partial charge is 0.381 e. The highest BCUT2D eigenvalue weighted by Gasteiger charge is 2.35. The van der Waals surface area contributed by atoms with E-state index in [2.05, 4.69) is 16.8 Å². The standard InChI is InChI=1S/C25H19F2N5O/c1-14-23(19-9-5-17(26)11-21(19)27)24-30-22-10-16(4-8-20(22)25(33)32(24)31-14)13-29-18-6-2-15(12-28)3-7-18/h2-11,14,23,29,31H,13H2,1H3. The van der Waals surface area contributed by atoms with Crippen molar-refractivity contribution < 1.29 is 8.78 Å². The van der Waals surface area contributed by atoms with Crippen LogP contribution in [0.15, 0.2) is 65.5 Å². The van der Waals surface area contributed by atoms with Crippen LogP contribution in [0, 0.1) is 23.0 Å². The molecule has 0 fully saturated rings. The summed E-state index contributed by atoms with van der Waals surface area (Å²) in [5.41, 5.74) is 5.95. The van der Waals surface area contributed by atoms with Gasteiger partial charge in [0, 0.05) is 23.9 Å². The van der Waals surface area contributed by atoms with Crippen LogP contribution in [0.3, 0.4) is 0 Å². The third kappa shape index (κ3) is 3.68. The molecule has 0 aliphatic carbocycles. The second-order valence-electron chi connectivity index (χ2n) is 8.07. The second-order valence-corrected chi connectivity index (χ2v) is 8.07. The van der Waals surface area contributed by atoms with Crippen molar-refractivity contribution in [3.63, 3.8) is 0 Å². The molecule has 8 heteroatoms. The average Bonchev–Trinajstić information content (AvgIpc) is 3.14. The van der Waals surface area contributed by atoms with Gasteiger partial charge in [-0.3, -0.25) is 4.79 Å². The van der Waals surface area contributed by atoms with Crippen LogP contribution >= 0.6 is 0 Å². The van der Waals surface area contributed by atoms with Gasteiger partial charge >= 0.3 is 0 Å². The van der Waals surface area contributed by atoms with Gasteiger partial charge in [-0.05, 0) is 55.0 Å². The van der Waals surface area contributed by atoms with Gasteiger partial charge in [-0.2, -0.15) is 5.26 Å². The fourth-order valence-corrected chi connectivity index (χ4v) is 4.22. The maximum Gasteiger partial charge on any atom is 0.279 e. The van der Waals surface area contributed by atoms with Gasteiger partial charge in [-0.1, -0.05) is 12.1 Å². The SMILES string of the molecule is CC1Nn2c(nc3cc(CNc4ccc(C#N)cc4)ccc3c2=O)C1c1ccc(F)cc1F. The number of rotatable bonds is 4. The van der Waals surface area contributed by atoms with Crippen molar-refractivity contribution in [2.24, 2.45) is 0 Å². The Morgan fingerprint density at radius 2 is 1.91 bits per heavy atom. The van der Waals surface area contributed by atoms with Crippen molar-refractivity contribution in [1.29, 1.82) is 5.26 Å². The molecular weight excluding hydrogens is 424 g/mol. The predicted molar refractivity (Wildman–Crippen MR) is 122 cm³/mol. The van der Waals surface area contributed by atoms with Crippen molar-refractivity contribution >= 4 is 16.6 Å². The van der Waals surface area contributed by atoms with Gasteiger partial charge in [-0.25, -0.2) is 18.4 Å². The van der Waals surface area contributed by atoms with Gasteiger partial charge in [0.05, 0.1) is 34.5 Å². The number of hydrogen-bond donors (Lipinski definition) is 2. The Balaban J connectivity index is 1.50. The first-order chi connectivity index (χ1) is 15.9. The molecular formula is C25H19F2N5O. The Bertz CT molecular complexity index is 1470. The molecule has 2 N–H and O–H groups in total. The van der Waals surface area contributed by atoms with Gasteiger partial charge in [0.15, 0.2) is 0 Å². The van der Waals surface area contributed by atoms with Crippen LogP contribution in [-0.2, 0) is 6.54 Å². The van der Waals surface area contributed by atoms with E-state index in [1.807, 2.05) is 31.2 Å². The number of nitriles is 1. The van der Waals surface area contributed by atoms with Crippen LogP contribution < -0.4 is 16.3 Å². The lowest BCUT2D eigenvalue weighted by molar-refractivity contribution is 0.557. The van der Waals surface area contributed by atoms with E-state index < -0.39 is 17.6 Å². The van der Waals surface area contributed by atoms with E-state index >= 15 is 0 Å². The highest BCUT2D eigenvalue weighted by molar-refractivity contribution is 5.79. The first-order valence-electron chi connectivity index (χ1n) is 10.5. The summed E-state index contributed by atoms with van der Waals surface area (Å²) in [5.74, 6) is -1.47. The second kappa shape index (κ2) is 8.02. The van der Waals surface area contributed by atoms with Gasteiger partial charge < -0.3 is 10.7 Å². The molecule has 1 aromatic heterocycles. The highest BCUT2D eigenvalue weighted by Crippen LogP contribution is 2.33. The molecule has 1 aliphatic heterocycles. The Labute approximate surface area is 188 Å². The van der Waals surface area contributed by atoms with Crippen molar-refractivity contribution in [3.05, 3.63) is 105 Å². The Hall–Kier alpha value is -4.25. The summed E-state index contributed by atoms with van der Waals surface area (Å²) >= 11 is 0. The Morgan fingerprint density at radius 3 is 2.64 bits per heavy atom. The first kappa shape index (κ1) is 20.6. The Kier molecular flexibility index (Phi) is 5.02. The smallest absolute Gasteiger partial charge is 0.279 e. The summed E-state index contributed by atoms with van der Waals surface area (Å²) in [7, 11) is 0. The van der Waals surface area contributed by atoms with Crippen LogP contribution in [0.1, 0.15) is 35.4 Å². The van der Waals surface area contributed by atoms with E-state index in [0.717, 1.165) is 17.3 Å². The summed E-state index contributed by atoms with van der Waals surface area (Å²) in [6.45, 7) is 2.33. The molecule has 4 aromatic rings. The lowest BCUT2D eigenvalue weighted by Crippen LogP contribution is -2.29. The number of nitrogens with zero attached hydrogens (tertiary/aromatic N) is 3. The zero-order valence-electron chi connectivity index (χ0n) is 17.6. The Morgan fingerprint density at radius 1 is 1.12 bits per heavy atom. The van der Waals surface area contributed by atoms with Crippen LogP contribution in [0.5, 0.6) is 0 Å². The van der Waals surface area contributed by atoms with Gasteiger partial charge in [0.1, 0.15) is 17.5 Å². The van der Waals surface area contributed by atoms with Crippen molar-refractivity contribution in [2.75, 3.05) is 10.7 Å². The van der Waals surface area contributed by atoms with Crippen molar-refractivity contribution in [3.8, 4) is 6.07 Å². The van der Waals surface area contributed by atoms with Crippen LogP contribution in [0.4, 0.5) is 14.5 Å². The zero-order chi connectivity index (χ0) is 23.1. The number of halogens is 2. The first-order valence-corrected chi connectivity index (χ1v) is 10.5. The normalized spacial score (nSPS) is 16.8. The molecule has 33 heavy (non-hydrogen) atoms. The quantitative estimate of drug-likeness (QED) is 0.493. The molecule has 0 radical (unpaired) electrons. The van der Waals surface area contributed by atoms with E-state index in [-0.39, 0.29) is 17.2 Å². The van der Waals surface area contributed by atoms with Gasteiger partial charge in [0.2, 0.25) is 0 Å². The third-order valence-corrected chi connectivity index (χ3v) is 5.88. The summed E-state index contributed by atoms with van der Waals surface area (Å²) in [5, 5.41) is 12.6. The molecule has 2 unspecified atom stereocenters. The minimum atomic E-state index is -0.670. The minimum absolute atomic E-state index is 0.265. The fraction of sp³-hybridized carbons (Fsp3) is 0.160. The molecule has 0 saturated heterocycles. The van der Waals surface area contributed by atoms with E-state index in [1.165, 1.54) is 16.8 Å². The number of hydrogen-bond acceptors (Lipinski definition) is 5. The number of anilines is 1. The number of benzene rings is 3. The average molecular weight is 443 g/mol. The van der Waals surface area contributed by atoms with E-state index in [1.54, 1.807) is 18.2 Å². The molecule has 1 aliphatic rings. The third-order valence-electron chi connectivity index (χ3n) is 5.88. The molecule has 0 spiro atoms. The minimum Gasteiger partial charge on any atom is -0.381 e. The molecule has 0 saturated carbocycles. The highest BCUT2D eigenvalue weighted by atomic mass is 19.1. The number of aromatic nitrogens is 2. The summed E-state index contributed by atoms with van der Waals surface area (Å²) in [6, 6.07) is 17.8. The molecule has 3 aromatic carbocycles. The van der Waals surface area contributed by atoms with Crippen LogP contribution in [0.2, 0.25) is 0 Å². The molecule has 5 rings (SSSR count). The van der Waals surface area contributed by atoms with Gasteiger partial charge in [0.25, 0.3) is 5.56 Å². The molecule has 2 atom stereocenters. The summed E-state index contributed by atoms with van der Waals surface area (Å²) < 4.78 is 29.3. The molecule has 2 heterocycles. The van der Waals surface area contributed by atoms with Crippen LogP contribution in [-0.4, -0.2) is 15.7 Å². The summed E-state index contributed by atoms with van der Waals surface area (Å²) in [6.07, 6.45) is 0. The van der Waals surface area contributed by atoms with E-state index in [9.17, 15) is 13.6 Å². The predicted octanol–water partition coefficient (Wildman–Crippen LogP) is 4.24. The zero-order valence-corrected chi connectivity index (χ0v) is 17.6. The monoisotopic (exact) mass is 443 g/mol. The fourth-order valence-electron chi connectivity index (χ4n) is 4.22. The maximum atomic E-state index is 14.5. The van der Waals surface area contributed by atoms with E-state index in [4.69, 9.17) is 10.2 Å². The van der Waals surface area contributed by atoms with Gasteiger partial charge in [-0.15, -0.1) is 0 Å². The van der Waals surface area contributed by atoms with Crippen molar-refractivity contribution in [1.82, 2.24) is 9.66 Å². The van der Waals surface area contributed by atoms with E-state index in [0.29, 0.717) is 28.8 Å². The molecule has 0 amide bonds. The number of fused-ring (bicyclic) bond motifs is 2. The lowest BCUT2D eigenvalue weighted by Gasteiger charge is -2.15. The van der Waals surface area contributed by atoms with Crippen LogP contribution in [0.25, 0.3) is 10.9 Å². The number of nitrogens with one attached hydrogen (secondary N) is 2. The maximum absolute atomic E-state index is 14.5. The molecule has 0 bridgehead atoms. The lowest BCUT2D eigenvalue weighted by atomic mass is 9.92. The van der Waals surface area contributed by atoms with Crippen molar-refractivity contribution in [2.45, 2.75) is 25.4 Å². The molecule has 164 valence electrons.